The Morgan fingerprint density at radius 3 is 2.31 bits per heavy atom. The monoisotopic (exact) mass is 376 g/mol. The first-order valence-electron chi connectivity index (χ1n) is 8.47. The van der Waals surface area contributed by atoms with Crippen molar-refractivity contribution in [1.82, 2.24) is 9.21 Å². The highest BCUT2D eigenvalue weighted by Gasteiger charge is 2.28. The summed E-state index contributed by atoms with van der Waals surface area (Å²) in [6, 6.07) is 14.7. The number of hydrogen-bond acceptors (Lipinski definition) is 4. The van der Waals surface area contributed by atoms with E-state index < -0.39 is 15.8 Å². The lowest BCUT2D eigenvalue weighted by Crippen LogP contribution is -2.50. The molecule has 138 valence electrons. The van der Waals surface area contributed by atoms with Gasteiger partial charge in [0.2, 0.25) is 10.0 Å². The molecule has 3 rings (SSSR count). The number of rotatable bonds is 6. The molecule has 1 heterocycles. The lowest BCUT2D eigenvalue weighted by molar-refractivity contribution is 0.0901. The first-order chi connectivity index (χ1) is 12.4. The molecule has 1 saturated heterocycles. The second-order valence-corrected chi connectivity index (χ2v) is 8.32. The van der Waals surface area contributed by atoms with E-state index in [1.807, 2.05) is 23.1 Å². The Kier molecular flexibility index (Phi) is 5.80. The number of ketones is 1. The molecular weight excluding hydrogens is 355 g/mol. The second-order valence-electron chi connectivity index (χ2n) is 6.35. The number of benzene rings is 2. The van der Waals surface area contributed by atoms with Crippen LogP contribution in [0.1, 0.15) is 15.9 Å². The molecule has 0 amide bonds. The SMILES string of the molecule is O=C(CN1CCN(S(=O)(=O)Cc2cccc(F)c2)CC1)c1ccccc1. The summed E-state index contributed by atoms with van der Waals surface area (Å²) in [5.74, 6) is -0.628. The maximum absolute atomic E-state index is 13.3. The molecule has 1 fully saturated rings. The number of piperazine rings is 1. The summed E-state index contributed by atoms with van der Waals surface area (Å²) in [6.45, 7) is 1.95. The average Bonchev–Trinajstić information content (AvgIpc) is 2.62. The van der Waals surface area contributed by atoms with Gasteiger partial charge in [-0.15, -0.1) is 0 Å². The molecule has 1 aliphatic rings. The van der Waals surface area contributed by atoms with Gasteiger partial charge in [0.1, 0.15) is 5.82 Å². The molecular formula is C19H21FN2O3S. The van der Waals surface area contributed by atoms with Gasteiger partial charge in [-0.05, 0) is 17.7 Å². The summed E-state index contributed by atoms with van der Waals surface area (Å²) in [5.41, 5.74) is 1.10. The van der Waals surface area contributed by atoms with Crippen LogP contribution in [-0.2, 0) is 15.8 Å². The number of sulfonamides is 1. The summed E-state index contributed by atoms with van der Waals surface area (Å²) in [4.78, 5) is 14.2. The lowest BCUT2D eigenvalue weighted by atomic mass is 10.1. The summed E-state index contributed by atoms with van der Waals surface area (Å²) in [5, 5.41) is 0. The van der Waals surface area contributed by atoms with Crippen molar-refractivity contribution in [2.75, 3.05) is 32.7 Å². The number of nitrogens with zero attached hydrogens (tertiary/aromatic N) is 2. The minimum absolute atomic E-state index is 0.0293. The maximum atomic E-state index is 13.3. The van der Waals surface area contributed by atoms with Crippen LogP contribution in [-0.4, -0.2) is 56.1 Å². The highest BCUT2D eigenvalue weighted by molar-refractivity contribution is 7.88. The number of Topliss-reactive ketones (excluding diaryl/α,β-unsaturated/α-hetero) is 1. The Morgan fingerprint density at radius 1 is 0.962 bits per heavy atom. The van der Waals surface area contributed by atoms with Gasteiger partial charge >= 0.3 is 0 Å². The molecule has 1 aliphatic heterocycles. The highest BCUT2D eigenvalue weighted by atomic mass is 32.2. The molecule has 5 nitrogen and oxygen atoms in total. The van der Waals surface area contributed by atoms with Gasteiger partial charge in [0.15, 0.2) is 5.78 Å². The predicted molar refractivity (Wildman–Crippen MR) is 97.8 cm³/mol. The summed E-state index contributed by atoms with van der Waals surface area (Å²) < 4.78 is 39.7. The third-order valence-electron chi connectivity index (χ3n) is 4.43. The topological polar surface area (TPSA) is 57.7 Å². The second kappa shape index (κ2) is 8.07. The predicted octanol–water partition coefficient (Wildman–Crippen LogP) is 2.16. The number of carbonyl (C=O) groups excluding carboxylic acids is 1. The van der Waals surface area contributed by atoms with E-state index in [9.17, 15) is 17.6 Å². The first-order valence-corrected chi connectivity index (χ1v) is 10.1. The average molecular weight is 376 g/mol. The van der Waals surface area contributed by atoms with E-state index in [0.29, 0.717) is 37.3 Å². The van der Waals surface area contributed by atoms with Crippen LogP contribution in [0.15, 0.2) is 54.6 Å². The van der Waals surface area contributed by atoms with E-state index in [2.05, 4.69) is 0 Å². The van der Waals surface area contributed by atoms with Crippen molar-refractivity contribution in [3.8, 4) is 0 Å². The van der Waals surface area contributed by atoms with Gasteiger partial charge in [-0.3, -0.25) is 9.69 Å². The molecule has 0 radical (unpaired) electrons. The number of hydrogen-bond donors (Lipinski definition) is 0. The van der Waals surface area contributed by atoms with Crippen LogP contribution >= 0.6 is 0 Å². The van der Waals surface area contributed by atoms with Crippen LogP contribution in [0, 0.1) is 5.82 Å². The van der Waals surface area contributed by atoms with Gasteiger partial charge < -0.3 is 0 Å². The van der Waals surface area contributed by atoms with E-state index in [0.717, 1.165) is 0 Å². The highest BCUT2D eigenvalue weighted by Crippen LogP contribution is 2.15. The van der Waals surface area contributed by atoms with E-state index in [-0.39, 0.29) is 18.1 Å². The van der Waals surface area contributed by atoms with Gasteiger partial charge in [0, 0.05) is 31.7 Å². The van der Waals surface area contributed by atoms with E-state index >= 15 is 0 Å². The van der Waals surface area contributed by atoms with Crippen molar-refractivity contribution in [1.29, 1.82) is 0 Å². The van der Waals surface area contributed by atoms with Crippen LogP contribution < -0.4 is 0 Å². The third kappa shape index (κ3) is 4.75. The fraction of sp³-hybridized carbons (Fsp3) is 0.316. The van der Waals surface area contributed by atoms with E-state index in [4.69, 9.17) is 0 Å². The summed E-state index contributed by atoms with van der Waals surface area (Å²) >= 11 is 0. The zero-order valence-corrected chi connectivity index (χ0v) is 15.2. The minimum Gasteiger partial charge on any atom is -0.293 e. The smallest absolute Gasteiger partial charge is 0.218 e. The molecule has 0 spiro atoms. The minimum atomic E-state index is -3.50. The molecule has 0 aliphatic carbocycles. The van der Waals surface area contributed by atoms with E-state index in [1.165, 1.54) is 22.5 Å². The van der Waals surface area contributed by atoms with Gasteiger partial charge in [-0.1, -0.05) is 42.5 Å². The molecule has 2 aromatic rings. The summed E-state index contributed by atoms with van der Waals surface area (Å²) in [7, 11) is -3.50. The standard InChI is InChI=1S/C19H21FN2O3S/c20-18-8-4-5-16(13-18)15-26(24,25)22-11-9-21(10-12-22)14-19(23)17-6-2-1-3-7-17/h1-8,13H,9-12,14-15H2. The Morgan fingerprint density at radius 2 is 1.65 bits per heavy atom. The molecule has 0 unspecified atom stereocenters. The van der Waals surface area contributed by atoms with Crippen molar-refractivity contribution in [3.05, 3.63) is 71.5 Å². The first kappa shape index (κ1) is 18.7. The Hall–Kier alpha value is -2.09. The van der Waals surface area contributed by atoms with Crippen LogP contribution in [0.5, 0.6) is 0 Å². The van der Waals surface area contributed by atoms with Crippen LogP contribution in [0.25, 0.3) is 0 Å². The molecule has 26 heavy (non-hydrogen) atoms. The van der Waals surface area contributed by atoms with Gasteiger partial charge in [-0.2, -0.15) is 4.31 Å². The van der Waals surface area contributed by atoms with Gasteiger partial charge in [0.25, 0.3) is 0 Å². The lowest BCUT2D eigenvalue weighted by Gasteiger charge is -2.33. The number of carbonyl (C=O) groups is 1. The fourth-order valence-corrected chi connectivity index (χ4v) is 4.52. The van der Waals surface area contributed by atoms with Crippen molar-refractivity contribution in [3.63, 3.8) is 0 Å². The van der Waals surface area contributed by atoms with Crippen LogP contribution in [0.4, 0.5) is 4.39 Å². The molecule has 0 saturated carbocycles. The molecule has 0 atom stereocenters. The van der Waals surface area contributed by atoms with Crippen molar-refractivity contribution >= 4 is 15.8 Å². The Labute approximate surface area is 153 Å². The van der Waals surface area contributed by atoms with Gasteiger partial charge in [-0.25, -0.2) is 12.8 Å². The zero-order chi connectivity index (χ0) is 18.6. The molecule has 0 aromatic heterocycles. The third-order valence-corrected chi connectivity index (χ3v) is 6.28. The Balaban J connectivity index is 1.55. The fourth-order valence-electron chi connectivity index (χ4n) is 3.01. The quantitative estimate of drug-likeness (QED) is 0.725. The maximum Gasteiger partial charge on any atom is 0.218 e. The van der Waals surface area contributed by atoms with Crippen molar-refractivity contribution < 1.29 is 17.6 Å². The van der Waals surface area contributed by atoms with Crippen LogP contribution in [0.3, 0.4) is 0 Å². The van der Waals surface area contributed by atoms with E-state index in [1.54, 1.807) is 18.2 Å². The molecule has 0 N–H and O–H groups in total. The molecule has 2 aromatic carbocycles. The largest absolute Gasteiger partial charge is 0.293 e. The van der Waals surface area contributed by atoms with Crippen LogP contribution in [0.2, 0.25) is 0 Å². The van der Waals surface area contributed by atoms with Crippen molar-refractivity contribution in [2.45, 2.75) is 5.75 Å². The summed E-state index contributed by atoms with van der Waals surface area (Å²) in [6.07, 6.45) is 0. The van der Waals surface area contributed by atoms with Crippen molar-refractivity contribution in [2.24, 2.45) is 0 Å². The number of halogens is 1. The zero-order valence-electron chi connectivity index (χ0n) is 14.3. The Bertz CT molecular complexity index is 863. The molecule has 0 bridgehead atoms. The normalized spacial score (nSPS) is 16.5. The van der Waals surface area contributed by atoms with Gasteiger partial charge in [0.05, 0.1) is 12.3 Å². The molecule has 7 heteroatoms.